The van der Waals surface area contributed by atoms with Crippen LogP contribution in [0.5, 0.6) is 11.5 Å². The Hall–Kier alpha value is -2.48. The molecular formula is C19H27ClN2O6. The number of urea groups is 1. The first-order chi connectivity index (χ1) is 13.3. The van der Waals surface area contributed by atoms with Gasteiger partial charge in [-0.05, 0) is 39.3 Å². The minimum atomic E-state index is -0.776. The average Bonchev–Trinajstić information content (AvgIpc) is 2.61. The van der Waals surface area contributed by atoms with E-state index in [2.05, 4.69) is 10.6 Å². The van der Waals surface area contributed by atoms with Crippen LogP contribution >= 0.6 is 11.6 Å². The number of halogens is 1. The summed E-state index contributed by atoms with van der Waals surface area (Å²) in [6, 6.07) is 2.04. The molecule has 8 nitrogen and oxygen atoms in total. The van der Waals surface area contributed by atoms with Crippen LogP contribution in [-0.2, 0) is 9.53 Å². The van der Waals surface area contributed by atoms with E-state index >= 15 is 0 Å². The Morgan fingerprint density at radius 3 is 2.46 bits per heavy atom. The van der Waals surface area contributed by atoms with Crippen LogP contribution in [0.1, 0.15) is 50.9 Å². The van der Waals surface area contributed by atoms with Gasteiger partial charge in [-0.15, -0.1) is 0 Å². The summed E-state index contributed by atoms with van der Waals surface area (Å²) in [5, 5.41) is 4.76. The number of rotatable bonds is 10. The zero-order valence-electron chi connectivity index (χ0n) is 16.6. The van der Waals surface area contributed by atoms with Gasteiger partial charge in [-0.1, -0.05) is 24.9 Å². The molecule has 2 N–H and O–H groups in total. The van der Waals surface area contributed by atoms with Crippen LogP contribution in [-0.4, -0.2) is 43.8 Å². The first kappa shape index (κ1) is 23.6. The highest BCUT2D eigenvalue weighted by Crippen LogP contribution is 2.37. The normalized spacial score (nSPS) is 10.4. The largest absolute Gasteiger partial charge is 0.490 e. The number of benzene rings is 1. The third kappa shape index (κ3) is 8.04. The quantitative estimate of drug-likeness (QED) is 0.449. The van der Waals surface area contributed by atoms with E-state index in [9.17, 15) is 14.4 Å². The summed E-state index contributed by atoms with van der Waals surface area (Å²) in [7, 11) is 0. The number of unbranched alkanes of at least 4 members (excludes halogenated alkanes) is 1. The van der Waals surface area contributed by atoms with Gasteiger partial charge in [0.1, 0.15) is 0 Å². The SMILES string of the molecule is CCCCOc1c(Cl)cc(C(=O)OCC(=O)NC(=O)NC(C)C)cc1OCC. The van der Waals surface area contributed by atoms with Crippen LogP contribution < -0.4 is 20.1 Å². The second-order valence-electron chi connectivity index (χ2n) is 6.17. The van der Waals surface area contributed by atoms with Gasteiger partial charge in [-0.25, -0.2) is 9.59 Å². The highest BCUT2D eigenvalue weighted by molar-refractivity contribution is 6.32. The third-order valence-corrected chi connectivity index (χ3v) is 3.58. The average molecular weight is 415 g/mol. The fourth-order valence-electron chi connectivity index (χ4n) is 2.08. The standard InChI is InChI=1S/C19H27ClN2O6/c1-5-7-8-27-17-14(20)9-13(10-15(17)26-6-2)18(24)28-11-16(23)22-19(25)21-12(3)4/h9-10,12H,5-8,11H2,1-4H3,(H2,21,22,23,25). The molecule has 0 spiro atoms. The van der Waals surface area contributed by atoms with Crippen molar-refractivity contribution in [3.63, 3.8) is 0 Å². The van der Waals surface area contributed by atoms with E-state index in [1.165, 1.54) is 12.1 Å². The molecule has 0 unspecified atom stereocenters. The Bertz CT molecular complexity index is 693. The van der Waals surface area contributed by atoms with Crippen LogP contribution in [0.15, 0.2) is 12.1 Å². The molecular weight excluding hydrogens is 388 g/mol. The maximum absolute atomic E-state index is 12.2. The minimum absolute atomic E-state index is 0.107. The smallest absolute Gasteiger partial charge is 0.338 e. The van der Waals surface area contributed by atoms with Gasteiger partial charge >= 0.3 is 12.0 Å². The van der Waals surface area contributed by atoms with E-state index in [0.717, 1.165) is 12.8 Å². The lowest BCUT2D eigenvalue weighted by Crippen LogP contribution is -2.44. The molecule has 156 valence electrons. The van der Waals surface area contributed by atoms with E-state index in [1.54, 1.807) is 20.8 Å². The maximum Gasteiger partial charge on any atom is 0.338 e. The monoisotopic (exact) mass is 414 g/mol. The number of imide groups is 1. The summed E-state index contributed by atoms with van der Waals surface area (Å²) >= 11 is 6.23. The molecule has 0 aliphatic rings. The van der Waals surface area contributed by atoms with Crippen molar-refractivity contribution in [3.05, 3.63) is 22.7 Å². The lowest BCUT2D eigenvalue weighted by Gasteiger charge is -2.15. The Kier molecular flexibility index (Phi) is 10.2. The van der Waals surface area contributed by atoms with Crippen molar-refractivity contribution in [2.75, 3.05) is 19.8 Å². The number of amides is 3. The van der Waals surface area contributed by atoms with Gasteiger partial charge in [-0.2, -0.15) is 0 Å². The predicted molar refractivity (Wildman–Crippen MR) is 105 cm³/mol. The van der Waals surface area contributed by atoms with Crippen molar-refractivity contribution in [2.24, 2.45) is 0 Å². The van der Waals surface area contributed by atoms with Crippen LogP contribution in [0.4, 0.5) is 4.79 Å². The first-order valence-electron chi connectivity index (χ1n) is 9.15. The summed E-state index contributed by atoms with van der Waals surface area (Å²) in [5.74, 6) is -0.847. The molecule has 0 bridgehead atoms. The Labute approximate surface area is 169 Å². The van der Waals surface area contributed by atoms with Gasteiger partial charge in [0.05, 0.1) is 23.8 Å². The van der Waals surface area contributed by atoms with Gasteiger partial charge in [0.25, 0.3) is 5.91 Å². The highest BCUT2D eigenvalue weighted by Gasteiger charge is 2.18. The van der Waals surface area contributed by atoms with Crippen molar-refractivity contribution in [1.82, 2.24) is 10.6 Å². The van der Waals surface area contributed by atoms with Crippen molar-refractivity contribution >= 4 is 29.5 Å². The van der Waals surface area contributed by atoms with Crippen molar-refractivity contribution in [2.45, 2.75) is 46.6 Å². The summed E-state index contributed by atoms with van der Waals surface area (Å²) in [6.45, 7) is 7.54. The molecule has 0 aliphatic carbocycles. The van der Waals surface area contributed by atoms with E-state index < -0.39 is 24.5 Å². The van der Waals surface area contributed by atoms with E-state index in [0.29, 0.717) is 24.7 Å². The number of esters is 1. The Morgan fingerprint density at radius 1 is 1.14 bits per heavy atom. The minimum Gasteiger partial charge on any atom is -0.490 e. The maximum atomic E-state index is 12.2. The van der Waals surface area contributed by atoms with Gasteiger partial charge < -0.3 is 19.5 Å². The van der Waals surface area contributed by atoms with Crippen molar-refractivity contribution in [1.29, 1.82) is 0 Å². The van der Waals surface area contributed by atoms with Crippen molar-refractivity contribution < 1.29 is 28.6 Å². The number of nitrogens with one attached hydrogen (secondary N) is 2. The molecule has 3 amide bonds. The number of hydrogen-bond donors (Lipinski definition) is 2. The first-order valence-corrected chi connectivity index (χ1v) is 9.52. The predicted octanol–water partition coefficient (Wildman–Crippen LogP) is 3.31. The Balaban J connectivity index is 2.76. The molecule has 0 saturated carbocycles. The molecule has 0 radical (unpaired) electrons. The lowest BCUT2D eigenvalue weighted by atomic mass is 10.2. The molecule has 0 heterocycles. The second kappa shape index (κ2) is 12.1. The molecule has 9 heteroatoms. The topological polar surface area (TPSA) is 103 Å². The highest BCUT2D eigenvalue weighted by atomic mass is 35.5. The summed E-state index contributed by atoms with van der Waals surface area (Å²) in [5.41, 5.74) is 0.107. The van der Waals surface area contributed by atoms with Crippen LogP contribution in [0, 0.1) is 0 Å². The van der Waals surface area contributed by atoms with E-state index in [4.69, 9.17) is 25.8 Å². The van der Waals surface area contributed by atoms with E-state index in [1.807, 2.05) is 6.92 Å². The molecule has 1 aromatic carbocycles. The zero-order valence-corrected chi connectivity index (χ0v) is 17.4. The molecule has 1 rings (SSSR count). The number of ether oxygens (including phenoxy) is 3. The van der Waals surface area contributed by atoms with Gasteiger partial charge in [-0.3, -0.25) is 10.1 Å². The van der Waals surface area contributed by atoms with E-state index in [-0.39, 0.29) is 16.6 Å². The zero-order chi connectivity index (χ0) is 21.1. The number of hydrogen-bond acceptors (Lipinski definition) is 6. The molecule has 0 saturated heterocycles. The van der Waals surface area contributed by atoms with Gasteiger partial charge in [0.2, 0.25) is 0 Å². The molecule has 28 heavy (non-hydrogen) atoms. The molecule has 0 atom stereocenters. The molecule has 0 aliphatic heterocycles. The van der Waals surface area contributed by atoms with Crippen molar-refractivity contribution in [3.8, 4) is 11.5 Å². The molecule has 1 aromatic rings. The number of carbonyl (C=O) groups excluding carboxylic acids is 3. The van der Waals surface area contributed by atoms with Gasteiger partial charge in [0.15, 0.2) is 18.1 Å². The molecule has 0 fully saturated rings. The molecule has 0 aromatic heterocycles. The van der Waals surface area contributed by atoms with Crippen LogP contribution in [0.25, 0.3) is 0 Å². The Morgan fingerprint density at radius 2 is 1.86 bits per heavy atom. The van der Waals surface area contributed by atoms with Crippen LogP contribution in [0.2, 0.25) is 5.02 Å². The van der Waals surface area contributed by atoms with Gasteiger partial charge in [0, 0.05) is 6.04 Å². The lowest BCUT2D eigenvalue weighted by molar-refractivity contribution is -0.123. The fourth-order valence-corrected chi connectivity index (χ4v) is 2.35. The summed E-state index contributed by atoms with van der Waals surface area (Å²) in [4.78, 5) is 35.4. The number of carbonyl (C=O) groups is 3. The third-order valence-electron chi connectivity index (χ3n) is 3.30. The summed E-state index contributed by atoms with van der Waals surface area (Å²) < 4.78 is 16.1. The fraction of sp³-hybridized carbons (Fsp3) is 0.526. The second-order valence-corrected chi connectivity index (χ2v) is 6.58. The summed E-state index contributed by atoms with van der Waals surface area (Å²) in [6.07, 6.45) is 1.81. The van der Waals surface area contributed by atoms with Crippen LogP contribution in [0.3, 0.4) is 0 Å².